The van der Waals surface area contributed by atoms with E-state index in [-0.39, 0.29) is 5.91 Å². The molecule has 0 unspecified atom stereocenters. The van der Waals surface area contributed by atoms with E-state index in [1.54, 1.807) is 11.8 Å². The molecule has 4 nitrogen and oxygen atoms in total. The molecule has 0 aliphatic carbocycles. The zero-order valence-electron chi connectivity index (χ0n) is 15.9. The second-order valence-electron chi connectivity index (χ2n) is 6.95. The monoisotopic (exact) mass is 319 g/mol. The van der Waals surface area contributed by atoms with Gasteiger partial charge < -0.3 is 0 Å². The molecule has 0 atom stereocenters. The summed E-state index contributed by atoms with van der Waals surface area (Å²) in [5.41, 5.74) is 2.10. The fraction of sp³-hybridized carbons (Fsp3) is 0.684. The van der Waals surface area contributed by atoms with E-state index in [0.717, 1.165) is 43.0 Å². The van der Waals surface area contributed by atoms with E-state index in [1.165, 1.54) is 0 Å². The van der Waals surface area contributed by atoms with Gasteiger partial charge in [-0.2, -0.15) is 0 Å². The summed E-state index contributed by atoms with van der Waals surface area (Å²) in [6.07, 6.45) is 2.08. The molecular formula is C19H33N3O. The first-order valence-corrected chi connectivity index (χ1v) is 8.71. The molecule has 0 saturated heterocycles. The fourth-order valence-electron chi connectivity index (χ4n) is 3.07. The van der Waals surface area contributed by atoms with Crippen molar-refractivity contribution in [3.05, 3.63) is 23.4 Å². The van der Waals surface area contributed by atoms with Crippen LogP contribution in [-0.4, -0.2) is 41.0 Å². The number of rotatable bonds is 8. The van der Waals surface area contributed by atoms with Crippen molar-refractivity contribution in [3.8, 4) is 0 Å². The summed E-state index contributed by atoms with van der Waals surface area (Å²) in [5.74, 6) is 0.839. The van der Waals surface area contributed by atoms with Gasteiger partial charge in [0.05, 0.1) is 0 Å². The molecule has 4 heteroatoms. The molecule has 1 heterocycles. The summed E-state index contributed by atoms with van der Waals surface area (Å²) in [5, 5.41) is 0. The van der Waals surface area contributed by atoms with Gasteiger partial charge in [-0.3, -0.25) is 14.6 Å². The van der Waals surface area contributed by atoms with Crippen molar-refractivity contribution >= 4 is 11.7 Å². The van der Waals surface area contributed by atoms with Crippen LogP contribution in [0.2, 0.25) is 0 Å². The van der Waals surface area contributed by atoms with Crippen LogP contribution in [0.5, 0.6) is 0 Å². The number of anilines is 1. The standard InChI is InChI=1S/C19H33N3O/c1-14(2)21(15(3)4)10-8-9-11-22(18(7)23)19-13-16(5)12-17(6)20-19/h12-15H,8-11H2,1-7H3. The Hall–Kier alpha value is -1.42. The Morgan fingerprint density at radius 3 is 2.09 bits per heavy atom. The topological polar surface area (TPSA) is 36.4 Å². The van der Waals surface area contributed by atoms with Gasteiger partial charge in [-0.25, -0.2) is 4.98 Å². The number of hydrogen-bond donors (Lipinski definition) is 0. The van der Waals surface area contributed by atoms with Gasteiger partial charge in [0.2, 0.25) is 5.91 Å². The Balaban J connectivity index is 2.63. The summed E-state index contributed by atoms with van der Waals surface area (Å²) in [6, 6.07) is 5.13. The molecule has 0 bridgehead atoms. The Labute approximate surface area is 141 Å². The molecule has 0 aliphatic heterocycles. The Bertz CT molecular complexity index is 483. The van der Waals surface area contributed by atoms with Crippen LogP contribution in [0, 0.1) is 13.8 Å². The van der Waals surface area contributed by atoms with Gasteiger partial charge >= 0.3 is 0 Å². The van der Waals surface area contributed by atoms with E-state index in [1.807, 2.05) is 26.0 Å². The largest absolute Gasteiger partial charge is 0.299 e. The van der Waals surface area contributed by atoms with Gasteiger partial charge in [0.15, 0.2) is 0 Å². The first kappa shape index (κ1) is 19.6. The predicted molar refractivity (Wildman–Crippen MR) is 98.0 cm³/mol. The third-order valence-electron chi connectivity index (χ3n) is 4.12. The van der Waals surface area contributed by atoms with Crippen molar-refractivity contribution in [2.75, 3.05) is 18.0 Å². The average Bonchev–Trinajstić information content (AvgIpc) is 2.40. The van der Waals surface area contributed by atoms with Crippen molar-refractivity contribution in [2.24, 2.45) is 0 Å². The summed E-state index contributed by atoms with van der Waals surface area (Å²) < 4.78 is 0. The summed E-state index contributed by atoms with van der Waals surface area (Å²) in [6.45, 7) is 16.4. The Kier molecular flexibility index (Phi) is 7.69. The summed E-state index contributed by atoms with van der Waals surface area (Å²) in [4.78, 5) is 20.8. The molecule has 0 spiro atoms. The number of amides is 1. The van der Waals surface area contributed by atoms with E-state index < -0.39 is 0 Å². The van der Waals surface area contributed by atoms with Crippen molar-refractivity contribution in [1.29, 1.82) is 0 Å². The molecule has 0 saturated carbocycles. The van der Waals surface area contributed by atoms with Gasteiger partial charge in [-0.15, -0.1) is 0 Å². The zero-order chi connectivity index (χ0) is 17.6. The van der Waals surface area contributed by atoms with Crippen LogP contribution >= 0.6 is 0 Å². The number of unbranched alkanes of at least 4 members (excludes halogenated alkanes) is 1. The lowest BCUT2D eigenvalue weighted by Gasteiger charge is -2.30. The lowest BCUT2D eigenvalue weighted by Crippen LogP contribution is -2.38. The molecule has 1 aromatic rings. The van der Waals surface area contributed by atoms with E-state index in [4.69, 9.17) is 0 Å². The SMILES string of the molecule is CC(=O)N(CCCCN(C(C)C)C(C)C)c1cc(C)cc(C)n1. The normalized spacial score (nSPS) is 11.6. The number of carbonyl (C=O) groups is 1. The molecule has 0 radical (unpaired) electrons. The van der Waals surface area contributed by atoms with Gasteiger partial charge in [0.25, 0.3) is 0 Å². The minimum atomic E-state index is 0.0621. The second-order valence-corrected chi connectivity index (χ2v) is 6.95. The van der Waals surface area contributed by atoms with E-state index in [0.29, 0.717) is 12.1 Å². The third kappa shape index (κ3) is 6.30. The third-order valence-corrected chi connectivity index (χ3v) is 4.12. The van der Waals surface area contributed by atoms with Gasteiger partial charge in [-0.05, 0) is 78.6 Å². The highest BCUT2D eigenvalue weighted by Gasteiger charge is 2.15. The smallest absolute Gasteiger partial charge is 0.225 e. The van der Waals surface area contributed by atoms with Gasteiger partial charge in [-0.1, -0.05) is 0 Å². The summed E-state index contributed by atoms with van der Waals surface area (Å²) >= 11 is 0. The van der Waals surface area contributed by atoms with Crippen LogP contribution in [0.3, 0.4) is 0 Å². The average molecular weight is 319 g/mol. The quantitative estimate of drug-likeness (QED) is 0.681. The number of aromatic nitrogens is 1. The van der Waals surface area contributed by atoms with Crippen molar-refractivity contribution in [3.63, 3.8) is 0 Å². The lowest BCUT2D eigenvalue weighted by atomic mass is 10.2. The fourth-order valence-corrected chi connectivity index (χ4v) is 3.07. The highest BCUT2D eigenvalue weighted by Crippen LogP contribution is 2.16. The van der Waals surface area contributed by atoms with Gasteiger partial charge in [0, 0.05) is 31.2 Å². The maximum atomic E-state index is 12.0. The van der Waals surface area contributed by atoms with E-state index in [9.17, 15) is 4.79 Å². The molecule has 1 amide bonds. The Morgan fingerprint density at radius 2 is 1.61 bits per heavy atom. The minimum Gasteiger partial charge on any atom is -0.299 e. The summed E-state index contributed by atoms with van der Waals surface area (Å²) in [7, 11) is 0. The molecule has 130 valence electrons. The second kappa shape index (κ2) is 9.02. The van der Waals surface area contributed by atoms with E-state index >= 15 is 0 Å². The van der Waals surface area contributed by atoms with E-state index in [2.05, 4.69) is 37.6 Å². The Morgan fingerprint density at radius 1 is 1.04 bits per heavy atom. The predicted octanol–water partition coefficient (Wildman–Crippen LogP) is 3.95. The highest BCUT2D eigenvalue weighted by atomic mass is 16.2. The first-order valence-electron chi connectivity index (χ1n) is 8.71. The number of pyridine rings is 1. The molecular weight excluding hydrogens is 286 g/mol. The maximum Gasteiger partial charge on any atom is 0.225 e. The van der Waals surface area contributed by atoms with Crippen molar-refractivity contribution < 1.29 is 4.79 Å². The van der Waals surface area contributed by atoms with Crippen LogP contribution in [0.4, 0.5) is 5.82 Å². The van der Waals surface area contributed by atoms with Crippen molar-refractivity contribution in [1.82, 2.24) is 9.88 Å². The lowest BCUT2D eigenvalue weighted by molar-refractivity contribution is -0.116. The first-order chi connectivity index (χ1) is 10.7. The molecule has 0 aromatic carbocycles. The molecule has 1 rings (SSSR count). The number of nitrogens with zero attached hydrogens (tertiary/aromatic N) is 3. The molecule has 23 heavy (non-hydrogen) atoms. The molecule has 0 N–H and O–H groups in total. The van der Waals surface area contributed by atoms with Crippen LogP contribution < -0.4 is 4.90 Å². The van der Waals surface area contributed by atoms with Crippen LogP contribution in [0.1, 0.15) is 58.7 Å². The van der Waals surface area contributed by atoms with Crippen molar-refractivity contribution in [2.45, 2.75) is 73.4 Å². The van der Waals surface area contributed by atoms with Gasteiger partial charge in [0.1, 0.15) is 5.82 Å². The number of hydrogen-bond acceptors (Lipinski definition) is 3. The maximum absolute atomic E-state index is 12.0. The number of aryl methyl sites for hydroxylation is 2. The number of carbonyl (C=O) groups excluding carboxylic acids is 1. The zero-order valence-corrected chi connectivity index (χ0v) is 15.9. The van der Waals surface area contributed by atoms with Crippen LogP contribution in [-0.2, 0) is 4.79 Å². The van der Waals surface area contributed by atoms with Crippen LogP contribution in [0.25, 0.3) is 0 Å². The minimum absolute atomic E-state index is 0.0621. The van der Waals surface area contributed by atoms with Crippen LogP contribution in [0.15, 0.2) is 12.1 Å². The molecule has 0 fully saturated rings. The molecule has 1 aromatic heterocycles. The molecule has 0 aliphatic rings. The highest BCUT2D eigenvalue weighted by molar-refractivity contribution is 5.90.